The minimum atomic E-state index is -1.09. The van der Waals surface area contributed by atoms with Crippen molar-refractivity contribution in [3.8, 4) is 5.75 Å². The third-order valence-corrected chi connectivity index (χ3v) is 3.23. The summed E-state index contributed by atoms with van der Waals surface area (Å²) in [6.07, 6.45) is 0. The van der Waals surface area contributed by atoms with Crippen molar-refractivity contribution in [2.45, 2.75) is 6.61 Å². The van der Waals surface area contributed by atoms with E-state index >= 15 is 0 Å². The van der Waals surface area contributed by atoms with Gasteiger partial charge in [0, 0.05) is 11.6 Å². The second kappa shape index (κ2) is 6.00. The van der Waals surface area contributed by atoms with Crippen molar-refractivity contribution in [2.75, 3.05) is 0 Å². The highest BCUT2D eigenvalue weighted by molar-refractivity contribution is 9.10. The fraction of sp³-hybridized carbons (Fsp3) is 0.0714. The summed E-state index contributed by atoms with van der Waals surface area (Å²) in [5, 5.41) is 8.89. The molecule has 0 radical (unpaired) electrons. The molecule has 2 rings (SSSR count). The fourth-order valence-corrected chi connectivity index (χ4v) is 1.90. The van der Waals surface area contributed by atoms with Gasteiger partial charge in [-0.3, -0.25) is 0 Å². The molecule has 0 aliphatic rings. The summed E-state index contributed by atoms with van der Waals surface area (Å²) in [5.41, 5.74) is 0.238. The maximum Gasteiger partial charge on any atom is 0.335 e. The van der Waals surface area contributed by atoms with Crippen LogP contribution >= 0.6 is 15.9 Å². The molecule has 0 unspecified atom stereocenters. The third kappa shape index (κ3) is 3.33. The predicted octanol–water partition coefficient (Wildman–Crippen LogP) is 4.00. The Hall–Kier alpha value is -1.95. The minimum absolute atomic E-state index is 0.0581. The van der Waals surface area contributed by atoms with E-state index in [1.54, 1.807) is 0 Å². The van der Waals surface area contributed by atoms with Crippen molar-refractivity contribution in [1.82, 2.24) is 0 Å². The van der Waals surface area contributed by atoms with Crippen LogP contribution in [-0.4, -0.2) is 11.1 Å². The summed E-state index contributed by atoms with van der Waals surface area (Å²) in [4.78, 5) is 10.9. The van der Waals surface area contributed by atoms with Gasteiger partial charge in [-0.15, -0.1) is 0 Å². The molecule has 0 spiro atoms. The average molecular weight is 343 g/mol. The van der Waals surface area contributed by atoms with Crippen molar-refractivity contribution in [2.24, 2.45) is 0 Å². The topological polar surface area (TPSA) is 46.5 Å². The average Bonchev–Trinajstić information content (AvgIpc) is 2.39. The molecule has 0 aliphatic carbocycles. The molecule has 6 heteroatoms. The van der Waals surface area contributed by atoms with Gasteiger partial charge in [-0.1, -0.05) is 0 Å². The molecule has 0 bridgehead atoms. The van der Waals surface area contributed by atoms with Crippen molar-refractivity contribution >= 4 is 21.9 Å². The Morgan fingerprint density at radius 2 is 1.95 bits per heavy atom. The zero-order valence-electron chi connectivity index (χ0n) is 10.1. The third-order valence-electron chi connectivity index (χ3n) is 2.58. The molecule has 3 nitrogen and oxygen atoms in total. The lowest BCUT2D eigenvalue weighted by Gasteiger charge is -2.09. The lowest BCUT2D eigenvalue weighted by molar-refractivity contribution is 0.0696. The molecule has 104 valence electrons. The Kier molecular flexibility index (Phi) is 4.34. The van der Waals surface area contributed by atoms with E-state index in [2.05, 4.69) is 15.9 Å². The molecule has 2 aromatic carbocycles. The van der Waals surface area contributed by atoms with E-state index in [4.69, 9.17) is 9.84 Å². The number of hydrogen-bond donors (Lipinski definition) is 1. The first-order chi connectivity index (χ1) is 9.47. The van der Waals surface area contributed by atoms with Gasteiger partial charge in [-0.05, 0) is 46.3 Å². The molecular weight excluding hydrogens is 334 g/mol. The van der Waals surface area contributed by atoms with Crippen LogP contribution in [0.2, 0.25) is 0 Å². The van der Waals surface area contributed by atoms with E-state index in [1.165, 1.54) is 24.3 Å². The number of carbonyl (C=O) groups is 1. The number of carboxylic acids is 1. The maximum absolute atomic E-state index is 13.4. The molecule has 0 atom stereocenters. The van der Waals surface area contributed by atoms with E-state index in [-0.39, 0.29) is 23.5 Å². The molecule has 1 N–H and O–H groups in total. The SMILES string of the molecule is O=C(O)c1ccc(Br)c(OCc2ccc(F)cc2F)c1. The van der Waals surface area contributed by atoms with Crippen molar-refractivity contribution in [3.63, 3.8) is 0 Å². The Balaban J connectivity index is 2.18. The number of halogens is 3. The minimum Gasteiger partial charge on any atom is -0.488 e. The Morgan fingerprint density at radius 3 is 2.60 bits per heavy atom. The largest absolute Gasteiger partial charge is 0.488 e. The first-order valence-corrected chi connectivity index (χ1v) is 6.36. The van der Waals surface area contributed by atoms with E-state index in [0.29, 0.717) is 4.47 Å². The number of hydrogen-bond acceptors (Lipinski definition) is 2. The summed E-state index contributed by atoms with van der Waals surface area (Å²) in [7, 11) is 0. The summed E-state index contributed by atoms with van der Waals surface area (Å²) >= 11 is 3.21. The van der Waals surface area contributed by atoms with Gasteiger partial charge in [0.25, 0.3) is 0 Å². The zero-order chi connectivity index (χ0) is 14.7. The lowest BCUT2D eigenvalue weighted by Crippen LogP contribution is -2.02. The summed E-state index contributed by atoms with van der Waals surface area (Å²) in [6.45, 7) is -0.131. The Morgan fingerprint density at radius 1 is 1.20 bits per heavy atom. The van der Waals surface area contributed by atoms with Gasteiger partial charge in [-0.25, -0.2) is 13.6 Å². The molecule has 0 aromatic heterocycles. The quantitative estimate of drug-likeness (QED) is 0.913. The summed E-state index contributed by atoms with van der Waals surface area (Å²) < 4.78 is 32.1. The van der Waals surface area contributed by atoms with E-state index in [9.17, 15) is 13.6 Å². The van der Waals surface area contributed by atoms with Crippen LogP contribution in [-0.2, 0) is 6.61 Å². The molecular formula is C14H9BrF2O3. The zero-order valence-corrected chi connectivity index (χ0v) is 11.7. The molecule has 2 aromatic rings. The summed E-state index contributed by atoms with van der Waals surface area (Å²) in [5.74, 6) is -2.19. The fourth-order valence-electron chi connectivity index (χ4n) is 1.54. The molecule has 0 heterocycles. The van der Waals surface area contributed by atoms with Crippen LogP contribution in [0.5, 0.6) is 5.75 Å². The number of benzene rings is 2. The normalized spacial score (nSPS) is 10.3. The monoisotopic (exact) mass is 342 g/mol. The molecule has 0 saturated carbocycles. The first kappa shape index (κ1) is 14.5. The number of ether oxygens (including phenoxy) is 1. The Bertz CT molecular complexity index is 659. The Labute approximate surface area is 121 Å². The summed E-state index contributed by atoms with van der Waals surface area (Å²) in [6, 6.07) is 7.44. The van der Waals surface area contributed by atoms with Gasteiger partial charge in [0.1, 0.15) is 24.0 Å². The van der Waals surface area contributed by atoms with Crippen molar-refractivity contribution < 1.29 is 23.4 Å². The highest BCUT2D eigenvalue weighted by atomic mass is 79.9. The highest BCUT2D eigenvalue weighted by Gasteiger charge is 2.10. The predicted molar refractivity (Wildman–Crippen MR) is 71.8 cm³/mol. The number of rotatable bonds is 4. The molecule has 0 aliphatic heterocycles. The van der Waals surface area contributed by atoms with E-state index in [0.717, 1.165) is 12.1 Å². The molecule has 0 fully saturated rings. The van der Waals surface area contributed by atoms with Crippen LogP contribution in [0, 0.1) is 11.6 Å². The van der Waals surface area contributed by atoms with Gasteiger partial charge < -0.3 is 9.84 Å². The van der Waals surface area contributed by atoms with E-state index in [1.807, 2.05) is 0 Å². The lowest BCUT2D eigenvalue weighted by atomic mass is 10.2. The van der Waals surface area contributed by atoms with Crippen LogP contribution < -0.4 is 4.74 Å². The number of carboxylic acid groups (broad SMARTS) is 1. The maximum atomic E-state index is 13.4. The van der Waals surface area contributed by atoms with Gasteiger partial charge in [0.15, 0.2) is 0 Å². The van der Waals surface area contributed by atoms with Crippen molar-refractivity contribution in [1.29, 1.82) is 0 Å². The standard InChI is InChI=1S/C14H9BrF2O3/c15-11-4-2-8(14(18)19)5-13(11)20-7-9-1-3-10(16)6-12(9)17/h1-6H,7H2,(H,18,19). The van der Waals surface area contributed by atoms with Crippen LogP contribution in [0.15, 0.2) is 40.9 Å². The first-order valence-electron chi connectivity index (χ1n) is 5.57. The van der Waals surface area contributed by atoms with Gasteiger partial charge in [0.05, 0.1) is 10.0 Å². The highest BCUT2D eigenvalue weighted by Crippen LogP contribution is 2.27. The van der Waals surface area contributed by atoms with Gasteiger partial charge in [0.2, 0.25) is 0 Å². The molecule has 20 heavy (non-hydrogen) atoms. The van der Waals surface area contributed by atoms with Crippen molar-refractivity contribution in [3.05, 3.63) is 63.6 Å². The number of aromatic carboxylic acids is 1. The van der Waals surface area contributed by atoms with Crippen LogP contribution in [0.1, 0.15) is 15.9 Å². The van der Waals surface area contributed by atoms with E-state index < -0.39 is 17.6 Å². The second-order valence-electron chi connectivity index (χ2n) is 3.97. The van der Waals surface area contributed by atoms with Gasteiger partial charge >= 0.3 is 5.97 Å². The van der Waals surface area contributed by atoms with Crippen LogP contribution in [0.4, 0.5) is 8.78 Å². The smallest absolute Gasteiger partial charge is 0.335 e. The van der Waals surface area contributed by atoms with Crippen LogP contribution in [0.3, 0.4) is 0 Å². The molecule has 0 saturated heterocycles. The second-order valence-corrected chi connectivity index (χ2v) is 4.83. The molecule has 0 amide bonds. The van der Waals surface area contributed by atoms with Crippen LogP contribution in [0.25, 0.3) is 0 Å². The van der Waals surface area contributed by atoms with Gasteiger partial charge in [-0.2, -0.15) is 0 Å².